The Bertz CT molecular complexity index is 701. The van der Waals surface area contributed by atoms with Crippen molar-refractivity contribution in [2.24, 2.45) is 5.73 Å². The van der Waals surface area contributed by atoms with E-state index in [2.05, 4.69) is 26.1 Å². The average molecular weight is 324 g/mol. The van der Waals surface area contributed by atoms with Gasteiger partial charge in [-0.25, -0.2) is 0 Å². The summed E-state index contributed by atoms with van der Waals surface area (Å²) < 4.78 is 0. The van der Waals surface area contributed by atoms with Gasteiger partial charge >= 0.3 is 0 Å². The predicted octanol–water partition coefficient (Wildman–Crippen LogP) is 2.81. The molecular weight excluding hydrogens is 300 g/mol. The number of hydrogen-bond donors (Lipinski definition) is 2. The van der Waals surface area contributed by atoms with Crippen LogP contribution in [0.1, 0.15) is 42.3 Å². The molecule has 0 radical (unpaired) electrons. The molecule has 3 N–H and O–H groups in total. The molecule has 0 aliphatic rings. The van der Waals surface area contributed by atoms with Crippen LogP contribution in [-0.2, 0) is 16.6 Å². The molecule has 1 atom stereocenters. The van der Waals surface area contributed by atoms with Gasteiger partial charge in [0.05, 0.1) is 0 Å². The lowest BCUT2D eigenvalue weighted by Gasteiger charge is -2.20. The maximum atomic E-state index is 12.2. The summed E-state index contributed by atoms with van der Waals surface area (Å²) in [6.07, 6.45) is 0.373. The summed E-state index contributed by atoms with van der Waals surface area (Å²) in [7, 11) is 0. The van der Waals surface area contributed by atoms with Gasteiger partial charge in [0.1, 0.15) is 6.04 Å². The lowest BCUT2D eigenvalue weighted by atomic mass is 9.86. The van der Waals surface area contributed by atoms with E-state index in [4.69, 9.17) is 5.73 Å². The summed E-state index contributed by atoms with van der Waals surface area (Å²) in [5.41, 5.74) is 8.21. The SMILES string of the molecule is CC(C)(C)c1ccc(C[C@@H](NC(=O)c2ccccc2)C(N)=O)cc1. The van der Waals surface area contributed by atoms with E-state index in [9.17, 15) is 9.59 Å². The van der Waals surface area contributed by atoms with Crippen LogP contribution in [0, 0.1) is 0 Å². The second kappa shape index (κ2) is 7.30. The van der Waals surface area contributed by atoms with Crippen molar-refractivity contribution in [3.63, 3.8) is 0 Å². The molecule has 2 aromatic rings. The number of benzene rings is 2. The van der Waals surface area contributed by atoms with Gasteiger partial charge in [0.15, 0.2) is 0 Å². The molecule has 4 heteroatoms. The topological polar surface area (TPSA) is 72.2 Å². The quantitative estimate of drug-likeness (QED) is 0.887. The van der Waals surface area contributed by atoms with Crippen molar-refractivity contribution in [1.82, 2.24) is 5.32 Å². The van der Waals surface area contributed by atoms with Crippen LogP contribution in [-0.4, -0.2) is 17.9 Å². The zero-order valence-corrected chi connectivity index (χ0v) is 14.4. The summed E-state index contributed by atoms with van der Waals surface area (Å²) >= 11 is 0. The van der Waals surface area contributed by atoms with Gasteiger partial charge < -0.3 is 11.1 Å². The zero-order valence-electron chi connectivity index (χ0n) is 14.4. The Morgan fingerprint density at radius 2 is 1.58 bits per heavy atom. The highest BCUT2D eigenvalue weighted by molar-refractivity contribution is 5.97. The van der Waals surface area contributed by atoms with Crippen LogP contribution >= 0.6 is 0 Å². The second-order valence-electron chi connectivity index (χ2n) is 6.95. The Kier molecular flexibility index (Phi) is 5.39. The molecule has 0 aromatic heterocycles. The number of nitrogens with one attached hydrogen (secondary N) is 1. The van der Waals surface area contributed by atoms with Gasteiger partial charge in [-0.05, 0) is 28.7 Å². The molecule has 0 saturated heterocycles. The third-order valence-corrected chi connectivity index (χ3v) is 3.94. The minimum Gasteiger partial charge on any atom is -0.368 e. The molecule has 126 valence electrons. The maximum absolute atomic E-state index is 12.2. The average Bonchev–Trinajstić information content (AvgIpc) is 2.54. The fourth-order valence-corrected chi connectivity index (χ4v) is 2.43. The van der Waals surface area contributed by atoms with Crippen molar-refractivity contribution in [2.45, 2.75) is 38.6 Å². The smallest absolute Gasteiger partial charge is 0.251 e. The highest BCUT2D eigenvalue weighted by Crippen LogP contribution is 2.22. The van der Waals surface area contributed by atoms with Gasteiger partial charge in [-0.3, -0.25) is 9.59 Å². The standard InChI is InChI=1S/C20H24N2O2/c1-20(2,3)16-11-9-14(10-12-16)13-17(18(21)23)22-19(24)15-7-5-4-6-8-15/h4-12,17H,13H2,1-3H3,(H2,21,23)(H,22,24)/t17-/m1/s1. The van der Waals surface area contributed by atoms with Crippen LogP contribution < -0.4 is 11.1 Å². The van der Waals surface area contributed by atoms with E-state index in [1.807, 2.05) is 30.3 Å². The molecular formula is C20H24N2O2. The molecule has 0 saturated carbocycles. The third kappa shape index (κ3) is 4.69. The van der Waals surface area contributed by atoms with E-state index >= 15 is 0 Å². The first kappa shape index (κ1) is 17.7. The maximum Gasteiger partial charge on any atom is 0.251 e. The van der Waals surface area contributed by atoms with E-state index in [1.165, 1.54) is 5.56 Å². The van der Waals surface area contributed by atoms with E-state index in [0.717, 1.165) is 5.56 Å². The Morgan fingerprint density at radius 1 is 1.00 bits per heavy atom. The van der Waals surface area contributed by atoms with Gasteiger partial charge in [0, 0.05) is 12.0 Å². The Balaban J connectivity index is 2.09. The molecule has 0 spiro atoms. The number of nitrogens with two attached hydrogens (primary N) is 1. The highest BCUT2D eigenvalue weighted by Gasteiger charge is 2.20. The van der Waals surface area contributed by atoms with Crippen molar-refractivity contribution in [2.75, 3.05) is 0 Å². The number of primary amides is 1. The summed E-state index contributed by atoms with van der Waals surface area (Å²) in [4.78, 5) is 23.9. The van der Waals surface area contributed by atoms with Gasteiger partial charge in [-0.1, -0.05) is 63.2 Å². The van der Waals surface area contributed by atoms with Crippen LogP contribution in [0.3, 0.4) is 0 Å². The minimum absolute atomic E-state index is 0.0726. The van der Waals surface area contributed by atoms with Gasteiger partial charge in [-0.2, -0.15) is 0 Å². The molecule has 4 nitrogen and oxygen atoms in total. The van der Waals surface area contributed by atoms with Crippen molar-refractivity contribution >= 4 is 11.8 Å². The lowest BCUT2D eigenvalue weighted by Crippen LogP contribution is -2.45. The van der Waals surface area contributed by atoms with Crippen LogP contribution in [0.4, 0.5) is 0 Å². The van der Waals surface area contributed by atoms with Crippen LogP contribution in [0.25, 0.3) is 0 Å². The summed E-state index contributed by atoms with van der Waals surface area (Å²) in [5.74, 6) is -0.843. The molecule has 0 unspecified atom stereocenters. The molecule has 24 heavy (non-hydrogen) atoms. The zero-order chi connectivity index (χ0) is 17.7. The van der Waals surface area contributed by atoms with Crippen LogP contribution in [0.15, 0.2) is 54.6 Å². The minimum atomic E-state index is -0.738. The van der Waals surface area contributed by atoms with E-state index in [0.29, 0.717) is 12.0 Å². The molecule has 0 bridgehead atoms. The van der Waals surface area contributed by atoms with Gasteiger partial charge in [0.25, 0.3) is 5.91 Å². The number of carbonyl (C=O) groups excluding carboxylic acids is 2. The number of hydrogen-bond acceptors (Lipinski definition) is 2. The summed E-state index contributed by atoms with van der Waals surface area (Å²) in [5, 5.41) is 2.71. The monoisotopic (exact) mass is 324 g/mol. The van der Waals surface area contributed by atoms with Crippen LogP contribution in [0.2, 0.25) is 0 Å². The molecule has 2 aromatic carbocycles. The van der Waals surface area contributed by atoms with E-state index in [1.54, 1.807) is 24.3 Å². The van der Waals surface area contributed by atoms with Crippen LogP contribution in [0.5, 0.6) is 0 Å². The largest absolute Gasteiger partial charge is 0.368 e. The van der Waals surface area contributed by atoms with Crippen molar-refractivity contribution < 1.29 is 9.59 Å². The molecule has 0 fully saturated rings. The van der Waals surface area contributed by atoms with E-state index < -0.39 is 11.9 Å². The summed E-state index contributed by atoms with van der Waals surface area (Å²) in [6.45, 7) is 6.44. The van der Waals surface area contributed by atoms with E-state index in [-0.39, 0.29) is 11.3 Å². The third-order valence-electron chi connectivity index (χ3n) is 3.94. The first-order valence-corrected chi connectivity index (χ1v) is 8.02. The van der Waals surface area contributed by atoms with Crippen molar-refractivity contribution in [3.05, 3.63) is 71.3 Å². The first-order chi connectivity index (χ1) is 11.3. The molecule has 0 heterocycles. The first-order valence-electron chi connectivity index (χ1n) is 8.02. The lowest BCUT2D eigenvalue weighted by molar-refractivity contribution is -0.119. The Morgan fingerprint density at radius 3 is 2.08 bits per heavy atom. The van der Waals surface area contributed by atoms with Crippen molar-refractivity contribution in [1.29, 1.82) is 0 Å². The fourth-order valence-electron chi connectivity index (χ4n) is 2.43. The Hall–Kier alpha value is -2.62. The normalized spacial score (nSPS) is 12.5. The number of rotatable bonds is 5. The molecule has 2 rings (SSSR count). The Labute approximate surface area is 143 Å². The number of amides is 2. The van der Waals surface area contributed by atoms with Gasteiger partial charge in [-0.15, -0.1) is 0 Å². The highest BCUT2D eigenvalue weighted by atomic mass is 16.2. The number of carbonyl (C=O) groups is 2. The van der Waals surface area contributed by atoms with Gasteiger partial charge in [0.2, 0.25) is 5.91 Å². The predicted molar refractivity (Wildman–Crippen MR) is 95.7 cm³/mol. The van der Waals surface area contributed by atoms with Crippen molar-refractivity contribution in [3.8, 4) is 0 Å². The molecule has 0 aliphatic carbocycles. The second-order valence-corrected chi connectivity index (χ2v) is 6.95. The summed E-state index contributed by atoms with van der Waals surface area (Å²) in [6, 6.07) is 16.1. The molecule has 2 amide bonds. The molecule has 0 aliphatic heterocycles. The fraction of sp³-hybridized carbons (Fsp3) is 0.300.